The molecule has 0 aliphatic heterocycles. The zero-order valence-corrected chi connectivity index (χ0v) is 16.5. The van der Waals surface area contributed by atoms with Crippen LogP contribution < -0.4 is 4.74 Å². The SMILES string of the molecule is COc1ccc2cc(CN(C)C(=O)COC(=O)c3ccc([N+](=O)[O-])cc3)ccc2c1. The molecule has 0 saturated carbocycles. The van der Waals surface area contributed by atoms with E-state index in [0.717, 1.165) is 22.1 Å². The molecule has 3 aromatic carbocycles. The van der Waals surface area contributed by atoms with Gasteiger partial charge in [0, 0.05) is 25.7 Å². The number of nitro groups is 1. The van der Waals surface area contributed by atoms with Crippen LogP contribution in [0.1, 0.15) is 15.9 Å². The minimum absolute atomic E-state index is 0.129. The van der Waals surface area contributed by atoms with Crippen LogP contribution in [0.5, 0.6) is 5.75 Å². The van der Waals surface area contributed by atoms with Crippen molar-refractivity contribution in [1.82, 2.24) is 4.90 Å². The van der Waals surface area contributed by atoms with Gasteiger partial charge >= 0.3 is 5.97 Å². The summed E-state index contributed by atoms with van der Waals surface area (Å²) in [6, 6.07) is 16.6. The van der Waals surface area contributed by atoms with Crippen LogP contribution in [0.3, 0.4) is 0 Å². The van der Waals surface area contributed by atoms with Gasteiger partial charge in [0.05, 0.1) is 17.6 Å². The molecule has 0 atom stereocenters. The summed E-state index contributed by atoms with van der Waals surface area (Å²) in [5, 5.41) is 12.7. The van der Waals surface area contributed by atoms with Gasteiger partial charge in [-0.3, -0.25) is 14.9 Å². The molecule has 0 fully saturated rings. The van der Waals surface area contributed by atoms with Gasteiger partial charge in [0.1, 0.15) is 5.75 Å². The molecule has 3 aromatic rings. The number of methoxy groups -OCH3 is 1. The van der Waals surface area contributed by atoms with Gasteiger partial charge in [-0.05, 0) is 46.7 Å². The highest BCUT2D eigenvalue weighted by atomic mass is 16.6. The molecule has 1 amide bonds. The summed E-state index contributed by atoms with van der Waals surface area (Å²) in [5.41, 5.74) is 0.947. The van der Waals surface area contributed by atoms with Crippen LogP contribution in [0, 0.1) is 10.1 Å². The molecule has 0 radical (unpaired) electrons. The van der Waals surface area contributed by atoms with E-state index in [1.165, 1.54) is 29.2 Å². The standard InChI is InChI=1S/C22H20N2O6/c1-23(13-15-3-4-18-12-20(29-2)10-7-17(18)11-15)21(25)14-30-22(26)16-5-8-19(9-6-16)24(27)28/h3-12H,13-14H2,1-2H3. The molecule has 8 nitrogen and oxygen atoms in total. The van der Waals surface area contributed by atoms with Crippen molar-refractivity contribution in [3.05, 3.63) is 81.9 Å². The minimum atomic E-state index is -0.716. The number of hydrogen-bond donors (Lipinski definition) is 0. The fourth-order valence-electron chi connectivity index (χ4n) is 2.90. The Labute approximate surface area is 172 Å². The molecule has 0 spiro atoms. The van der Waals surface area contributed by atoms with E-state index < -0.39 is 17.5 Å². The largest absolute Gasteiger partial charge is 0.497 e. The lowest BCUT2D eigenvalue weighted by Crippen LogP contribution is -2.30. The first kappa shape index (κ1) is 20.8. The lowest BCUT2D eigenvalue weighted by Gasteiger charge is -2.17. The third-order valence-electron chi connectivity index (χ3n) is 4.60. The number of carbonyl (C=O) groups excluding carboxylic acids is 2. The first-order valence-electron chi connectivity index (χ1n) is 9.09. The van der Waals surface area contributed by atoms with Crippen molar-refractivity contribution in [2.24, 2.45) is 0 Å². The summed E-state index contributed by atoms with van der Waals surface area (Å²) < 4.78 is 10.2. The van der Waals surface area contributed by atoms with Gasteiger partial charge in [0.25, 0.3) is 11.6 Å². The number of likely N-dealkylation sites (N-methyl/N-ethyl adjacent to an activating group) is 1. The number of non-ortho nitro benzene ring substituents is 1. The Morgan fingerprint density at radius 3 is 2.33 bits per heavy atom. The van der Waals surface area contributed by atoms with Crippen molar-refractivity contribution >= 4 is 28.3 Å². The van der Waals surface area contributed by atoms with E-state index in [-0.39, 0.29) is 17.2 Å². The molecular formula is C22H20N2O6. The topological polar surface area (TPSA) is 99.0 Å². The first-order chi connectivity index (χ1) is 14.4. The molecule has 30 heavy (non-hydrogen) atoms. The lowest BCUT2D eigenvalue weighted by molar-refractivity contribution is -0.384. The van der Waals surface area contributed by atoms with E-state index in [9.17, 15) is 19.7 Å². The molecule has 0 N–H and O–H groups in total. The number of carbonyl (C=O) groups is 2. The zero-order chi connectivity index (χ0) is 21.7. The molecule has 154 valence electrons. The van der Waals surface area contributed by atoms with Crippen LogP contribution in [0.25, 0.3) is 10.8 Å². The number of amides is 1. The van der Waals surface area contributed by atoms with Crippen LogP contribution in [0.2, 0.25) is 0 Å². The molecule has 3 rings (SSSR count). The lowest BCUT2D eigenvalue weighted by atomic mass is 10.1. The monoisotopic (exact) mass is 408 g/mol. The third kappa shape index (κ3) is 4.91. The second kappa shape index (κ2) is 9.04. The molecule has 0 aliphatic rings. The Morgan fingerprint density at radius 1 is 1.00 bits per heavy atom. The molecule has 0 aromatic heterocycles. The third-order valence-corrected chi connectivity index (χ3v) is 4.60. The predicted molar refractivity (Wildman–Crippen MR) is 110 cm³/mol. The van der Waals surface area contributed by atoms with E-state index in [0.29, 0.717) is 6.54 Å². The molecule has 0 unspecified atom stereocenters. The highest BCUT2D eigenvalue weighted by Gasteiger charge is 2.15. The molecule has 0 saturated heterocycles. The van der Waals surface area contributed by atoms with Gasteiger partial charge < -0.3 is 14.4 Å². The Kier molecular flexibility index (Phi) is 6.26. The Balaban J connectivity index is 1.57. The van der Waals surface area contributed by atoms with Crippen molar-refractivity contribution in [2.45, 2.75) is 6.54 Å². The molecule has 0 heterocycles. The average molecular weight is 408 g/mol. The highest BCUT2D eigenvalue weighted by molar-refractivity contribution is 5.91. The van der Waals surface area contributed by atoms with E-state index in [2.05, 4.69) is 0 Å². The summed E-state index contributed by atoms with van der Waals surface area (Å²) in [7, 11) is 3.24. The number of hydrogen-bond acceptors (Lipinski definition) is 6. The van der Waals surface area contributed by atoms with Gasteiger partial charge in [-0.1, -0.05) is 18.2 Å². The molecule has 0 bridgehead atoms. The van der Waals surface area contributed by atoms with Crippen LogP contribution in [-0.4, -0.2) is 42.5 Å². The maximum Gasteiger partial charge on any atom is 0.338 e. The van der Waals surface area contributed by atoms with Crippen LogP contribution in [0.4, 0.5) is 5.69 Å². The normalized spacial score (nSPS) is 10.5. The number of nitro benzene ring substituents is 1. The second-order valence-corrected chi connectivity index (χ2v) is 6.68. The number of rotatable bonds is 7. The first-order valence-corrected chi connectivity index (χ1v) is 9.09. The fourth-order valence-corrected chi connectivity index (χ4v) is 2.90. The van der Waals surface area contributed by atoms with Crippen LogP contribution in [-0.2, 0) is 16.1 Å². The Morgan fingerprint density at radius 2 is 1.67 bits per heavy atom. The highest BCUT2D eigenvalue weighted by Crippen LogP contribution is 2.22. The average Bonchev–Trinajstić information content (AvgIpc) is 2.76. The van der Waals surface area contributed by atoms with Crippen LogP contribution in [0.15, 0.2) is 60.7 Å². The van der Waals surface area contributed by atoms with Crippen molar-refractivity contribution in [3.63, 3.8) is 0 Å². The van der Waals surface area contributed by atoms with Gasteiger partial charge in [0.15, 0.2) is 6.61 Å². The molecule has 8 heteroatoms. The number of nitrogens with zero attached hydrogens (tertiary/aromatic N) is 2. The van der Waals surface area contributed by atoms with Gasteiger partial charge in [-0.25, -0.2) is 4.79 Å². The maximum absolute atomic E-state index is 12.3. The smallest absolute Gasteiger partial charge is 0.338 e. The summed E-state index contributed by atoms with van der Waals surface area (Å²) in [6.45, 7) is -0.0625. The number of esters is 1. The van der Waals surface area contributed by atoms with Crippen molar-refractivity contribution in [3.8, 4) is 5.75 Å². The summed E-state index contributed by atoms with van der Waals surface area (Å²) in [4.78, 5) is 35.9. The zero-order valence-electron chi connectivity index (χ0n) is 16.5. The summed E-state index contributed by atoms with van der Waals surface area (Å²) in [6.07, 6.45) is 0. The minimum Gasteiger partial charge on any atom is -0.497 e. The van der Waals surface area contributed by atoms with Gasteiger partial charge in [0.2, 0.25) is 0 Å². The van der Waals surface area contributed by atoms with Gasteiger partial charge in [-0.15, -0.1) is 0 Å². The van der Waals surface area contributed by atoms with Crippen LogP contribution >= 0.6 is 0 Å². The number of benzene rings is 3. The summed E-state index contributed by atoms with van der Waals surface area (Å²) >= 11 is 0. The summed E-state index contributed by atoms with van der Waals surface area (Å²) in [5.74, 6) is -0.302. The van der Waals surface area contributed by atoms with E-state index in [1.54, 1.807) is 14.2 Å². The maximum atomic E-state index is 12.3. The Hall–Kier alpha value is -3.94. The molecule has 0 aliphatic carbocycles. The van der Waals surface area contributed by atoms with Crippen molar-refractivity contribution in [1.29, 1.82) is 0 Å². The van der Waals surface area contributed by atoms with Crippen molar-refractivity contribution in [2.75, 3.05) is 20.8 Å². The number of ether oxygens (including phenoxy) is 2. The second-order valence-electron chi connectivity index (χ2n) is 6.68. The molecular weight excluding hydrogens is 388 g/mol. The predicted octanol–water partition coefficient (Wildman–Crippen LogP) is 3.57. The van der Waals surface area contributed by atoms with E-state index in [4.69, 9.17) is 9.47 Å². The fraction of sp³-hybridized carbons (Fsp3) is 0.182. The van der Waals surface area contributed by atoms with E-state index >= 15 is 0 Å². The van der Waals surface area contributed by atoms with Crippen molar-refractivity contribution < 1.29 is 24.0 Å². The van der Waals surface area contributed by atoms with Gasteiger partial charge in [-0.2, -0.15) is 0 Å². The number of fused-ring (bicyclic) bond motifs is 1. The Bertz CT molecular complexity index is 1090. The van der Waals surface area contributed by atoms with E-state index in [1.807, 2.05) is 36.4 Å². The quantitative estimate of drug-likeness (QED) is 0.337.